The molecule has 5 heteroatoms. The molecular formula is C11H12N2O3. The largest absolute Gasteiger partial charge is 0.496 e. The molecule has 5 nitrogen and oxygen atoms in total. The van der Waals surface area contributed by atoms with Crippen LogP contribution in [0.25, 0.3) is 5.70 Å². The van der Waals surface area contributed by atoms with Crippen molar-refractivity contribution in [3.63, 3.8) is 0 Å². The van der Waals surface area contributed by atoms with Gasteiger partial charge in [0.15, 0.2) is 6.10 Å². The SMILES string of the molecule is COc1ccccc1C1=CC(C(N)=O)ON1. The van der Waals surface area contributed by atoms with E-state index in [9.17, 15) is 4.79 Å². The van der Waals surface area contributed by atoms with Gasteiger partial charge in [0.2, 0.25) is 0 Å². The number of primary amides is 1. The first-order chi connectivity index (χ1) is 7.72. The highest BCUT2D eigenvalue weighted by molar-refractivity contribution is 5.85. The van der Waals surface area contributed by atoms with Crippen molar-refractivity contribution in [2.45, 2.75) is 6.10 Å². The zero-order valence-corrected chi connectivity index (χ0v) is 8.77. The average molecular weight is 220 g/mol. The van der Waals surface area contributed by atoms with E-state index in [0.29, 0.717) is 11.4 Å². The first-order valence-corrected chi connectivity index (χ1v) is 4.78. The van der Waals surface area contributed by atoms with E-state index >= 15 is 0 Å². The summed E-state index contributed by atoms with van der Waals surface area (Å²) in [6, 6.07) is 7.43. The lowest BCUT2D eigenvalue weighted by Crippen LogP contribution is -2.28. The molecule has 1 aliphatic heterocycles. The normalized spacial score (nSPS) is 18.8. The molecular weight excluding hydrogens is 208 g/mol. The summed E-state index contributed by atoms with van der Waals surface area (Å²) in [5, 5.41) is 0. The van der Waals surface area contributed by atoms with Gasteiger partial charge < -0.3 is 10.5 Å². The number of carbonyl (C=O) groups excluding carboxylic acids is 1. The zero-order chi connectivity index (χ0) is 11.5. The third kappa shape index (κ3) is 1.85. The minimum absolute atomic E-state index is 0.530. The number of benzene rings is 1. The third-order valence-corrected chi connectivity index (χ3v) is 2.29. The van der Waals surface area contributed by atoms with E-state index in [4.69, 9.17) is 15.3 Å². The van der Waals surface area contributed by atoms with Crippen LogP contribution in [0.4, 0.5) is 0 Å². The number of rotatable bonds is 3. The van der Waals surface area contributed by atoms with Gasteiger partial charge in [-0.15, -0.1) is 0 Å². The van der Waals surface area contributed by atoms with Gasteiger partial charge in [0, 0.05) is 5.56 Å². The molecule has 0 bridgehead atoms. The van der Waals surface area contributed by atoms with Gasteiger partial charge in [-0.2, -0.15) is 0 Å². The number of nitrogens with two attached hydrogens (primary N) is 1. The molecule has 0 fully saturated rings. The van der Waals surface area contributed by atoms with Crippen molar-refractivity contribution < 1.29 is 14.4 Å². The van der Waals surface area contributed by atoms with Crippen LogP contribution in [-0.4, -0.2) is 19.1 Å². The molecule has 1 aromatic carbocycles. The lowest BCUT2D eigenvalue weighted by Gasteiger charge is -2.08. The van der Waals surface area contributed by atoms with Gasteiger partial charge in [-0.3, -0.25) is 15.1 Å². The predicted octanol–water partition coefficient (Wildman–Crippen LogP) is 0.425. The number of carbonyl (C=O) groups is 1. The minimum Gasteiger partial charge on any atom is -0.496 e. The fourth-order valence-corrected chi connectivity index (χ4v) is 1.50. The van der Waals surface area contributed by atoms with E-state index in [1.54, 1.807) is 13.2 Å². The molecule has 1 unspecified atom stereocenters. The number of nitrogens with one attached hydrogen (secondary N) is 1. The van der Waals surface area contributed by atoms with Crippen molar-refractivity contribution in [1.29, 1.82) is 0 Å². The molecule has 1 aromatic rings. The van der Waals surface area contributed by atoms with Crippen molar-refractivity contribution in [2.75, 3.05) is 7.11 Å². The lowest BCUT2D eigenvalue weighted by atomic mass is 10.1. The van der Waals surface area contributed by atoms with Crippen molar-refractivity contribution in [2.24, 2.45) is 5.73 Å². The quantitative estimate of drug-likeness (QED) is 0.774. The number of hydrogen-bond donors (Lipinski definition) is 2. The van der Waals surface area contributed by atoms with Gasteiger partial charge in [-0.1, -0.05) is 12.1 Å². The van der Waals surface area contributed by atoms with E-state index in [2.05, 4.69) is 5.48 Å². The predicted molar refractivity (Wildman–Crippen MR) is 58.2 cm³/mol. The van der Waals surface area contributed by atoms with Crippen LogP contribution < -0.4 is 16.0 Å². The van der Waals surface area contributed by atoms with Crippen LogP contribution in [0.1, 0.15) is 5.56 Å². The first kappa shape index (κ1) is 10.5. The van der Waals surface area contributed by atoms with Crippen LogP contribution in [0.15, 0.2) is 30.3 Å². The number of methoxy groups -OCH3 is 1. The molecule has 0 saturated heterocycles. The maximum absolute atomic E-state index is 10.9. The van der Waals surface area contributed by atoms with Crippen molar-refractivity contribution in [3.8, 4) is 5.75 Å². The Bertz CT molecular complexity index is 443. The summed E-state index contributed by atoms with van der Waals surface area (Å²) in [5.41, 5.74) is 9.30. The Morgan fingerprint density at radius 2 is 2.25 bits per heavy atom. The summed E-state index contributed by atoms with van der Waals surface area (Å²) in [4.78, 5) is 15.9. The van der Waals surface area contributed by atoms with Gasteiger partial charge >= 0.3 is 0 Å². The van der Waals surface area contributed by atoms with Crippen LogP contribution in [0.5, 0.6) is 5.75 Å². The van der Waals surface area contributed by atoms with Crippen LogP contribution in [0.3, 0.4) is 0 Å². The Balaban J connectivity index is 2.32. The maximum atomic E-state index is 10.9. The summed E-state index contributed by atoms with van der Waals surface area (Å²) < 4.78 is 5.20. The fourth-order valence-electron chi connectivity index (χ4n) is 1.50. The number of hydroxylamine groups is 1. The van der Waals surface area contributed by atoms with Gasteiger partial charge in [-0.25, -0.2) is 0 Å². The molecule has 1 amide bonds. The Labute approximate surface area is 92.8 Å². The topological polar surface area (TPSA) is 73.6 Å². The van der Waals surface area contributed by atoms with Gasteiger partial charge in [-0.05, 0) is 18.2 Å². The van der Waals surface area contributed by atoms with Crippen molar-refractivity contribution in [1.82, 2.24) is 5.48 Å². The Morgan fingerprint density at radius 1 is 1.50 bits per heavy atom. The average Bonchev–Trinajstić information content (AvgIpc) is 2.78. The molecule has 84 valence electrons. The Hall–Kier alpha value is -2.01. The van der Waals surface area contributed by atoms with E-state index in [0.717, 1.165) is 5.56 Å². The smallest absolute Gasteiger partial charge is 0.253 e. The first-order valence-electron chi connectivity index (χ1n) is 4.78. The molecule has 0 saturated carbocycles. The number of hydrogen-bond acceptors (Lipinski definition) is 4. The summed E-state index contributed by atoms with van der Waals surface area (Å²) in [7, 11) is 1.58. The highest BCUT2D eigenvalue weighted by Gasteiger charge is 2.23. The van der Waals surface area contributed by atoms with E-state index in [-0.39, 0.29) is 0 Å². The molecule has 1 atom stereocenters. The summed E-state index contributed by atoms with van der Waals surface area (Å²) in [5.74, 6) is 0.173. The van der Waals surface area contributed by atoms with E-state index in [1.165, 1.54) is 0 Å². The number of para-hydroxylation sites is 1. The third-order valence-electron chi connectivity index (χ3n) is 2.29. The van der Waals surface area contributed by atoms with Gasteiger partial charge in [0.05, 0.1) is 12.8 Å². The van der Waals surface area contributed by atoms with Gasteiger partial charge in [0.25, 0.3) is 5.91 Å². The van der Waals surface area contributed by atoms with Crippen LogP contribution in [-0.2, 0) is 9.63 Å². The minimum atomic E-state index is -0.736. The van der Waals surface area contributed by atoms with E-state index in [1.807, 2.05) is 24.3 Å². The molecule has 0 aliphatic carbocycles. The molecule has 2 rings (SSSR count). The van der Waals surface area contributed by atoms with Crippen LogP contribution in [0, 0.1) is 0 Å². The second-order valence-electron chi connectivity index (χ2n) is 3.32. The molecule has 0 spiro atoms. The fraction of sp³-hybridized carbons (Fsp3) is 0.182. The van der Waals surface area contributed by atoms with Crippen LogP contribution in [0.2, 0.25) is 0 Å². The summed E-state index contributed by atoms with van der Waals surface area (Å²) in [6.07, 6.45) is 0.889. The molecule has 3 N–H and O–H groups in total. The summed E-state index contributed by atoms with van der Waals surface area (Å²) in [6.45, 7) is 0. The zero-order valence-electron chi connectivity index (χ0n) is 8.77. The Morgan fingerprint density at radius 3 is 2.88 bits per heavy atom. The van der Waals surface area contributed by atoms with Crippen molar-refractivity contribution in [3.05, 3.63) is 35.9 Å². The lowest BCUT2D eigenvalue weighted by molar-refractivity contribution is -0.127. The van der Waals surface area contributed by atoms with Crippen molar-refractivity contribution >= 4 is 11.6 Å². The maximum Gasteiger partial charge on any atom is 0.253 e. The standard InChI is InChI=1S/C11H12N2O3/c1-15-9-5-3-2-4-7(9)8-6-10(11(12)14)16-13-8/h2-6,10,13H,1H3,(H2,12,14). The molecule has 1 aliphatic rings. The number of ether oxygens (including phenoxy) is 1. The second kappa shape index (κ2) is 4.24. The summed E-state index contributed by atoms with van der Waals surface area (Å²) >= 11 is 0. The Kier molecular flexibility index (Phi) is 2.78. The molecule has 1 heterocycles. The molecule has 16 heavy (non-hydrogen) atoms. The second-order valence-corrected chi connectivity index (χ2v) is 3.32. The molecule has 0 aromatic heterocycles. The monoisotopic (exact) mass is 220 g/mol. The highest BCUT2D eigenvalue weighted by atomic mass is 16.7. The van der Waals surface area contributed by atoms with E-state index < -0.39 is 12.0 Å². The molecule has 0 radical (unpaired) electrons. The number of amides is 1. The highest BCUT2D eigenvalue weighted by Crippen LogP contribution is 2.26. The van der Waals surface area contributed by atoms with Crippen LogP contribution >= 0.6 is 0 Å². The van der Waals surface area contributed by atoms with Gasteiger partial charge in [0.1, 0.15) is 5.75 Å².